The number of amides is 1. The first-order chi connectivity index (χ1) is 12.2. The van der Waals surface area contributed by atoms with Crippen molar-refractivity contribution in [3.05, 3.63) is 40.1 Å². The van der Waals surface area contributed by atoms with Gasteiger partial charge >= 0.3 is 0 Å². The predicted molar refractivity (Wildman–Crippen MR) is 98.2 cm³/mol. The average Bonchev–Trinajstić information content (AvgIpc) is 3.34. The highest BCUT2D eigenvalue weighted by molar-refractivity contribution is 7.09. The number of methoxy groups -OCH3 is 3. The van der Waals surface area contributed by atoms with Gasteiger partial charge in [-0.2, -0.15) is 0 Å². The lowest BCUT2D eigenvalue weighted by atomic mass is 10.1. The molecule has 6 heteroatoms. The average molecular weight is 361 g/mol. The molecule has 0 saturated heterocycles. The molecule has 5 nitrogen and oxygen atoms in total. The van der Waals surface area contributed by atoms with Crippen molar-refractivity contribution in [2.45, 2.75) is 25.3 Å². The van der Waals surface area contributed by atoms with Gasteiger partial charge in [-0.05, 0) is 42.8 Å². The first-order valence-corrected chi connectivity index (χ1v) is 9.19. The Balaban J connectivity index is 1.86. The van der Waals surface area contributed by atoms with Gasteiger partial charge in [0.2, 0.25) is 5.75 Å². The van der Waals surface area contributed by atoms with E-state index in [0.717, 1.165) is 19.3 Å². The molecule has 1 aliphatic carbocycles. The maximum absolute atomic E-state index is 13.2. The minimum atomic E-state index is -0.0168. The van der Waals surface area contributed by atoms with Crippen molar-refractivity contribution in [3.63, 3.8) is 0 Å². The third-order valence-electron chi connectivity index (χ3n) is 4.36. The molecule has 0 unspecified atom stereocenters. The Hall–Kier alpha value is -2.21. The van der Waals surface area contributed by atoms with Gasteiger partial charge in [-0.15, -0.1) is 11.3 Å². The van der Waals surface area contributed by atoms with Crippen molar-refractivity contribution in [2.24, 2.45) is 0 Å². The number of carbonyl (C=O) groups excluding carboxylic acids is 1. The first kappa shape index (κ1) is 17.6. The number of ether oxygens (including phenoxy) is 3. The molecule has 1 aromatic carbocycles. The van der Waals surface area contributed by atoms with Crippen molar-refractivity contribution in [3.8, 4) is 17.2 Å². The Labute approximate surface area is 152 Å². The number of carbonyl (C=O) groups is 1. The highest BCUT2D eigenvalue weighted by Gasteiger charge is 2.34. The Bertz CT molecular complexity index is 725. The molecule has 2 aromatic rings. The van der Waals surface area contributed by atoms with E-state index in [9.17, 15) is 4.79 Å². The van der Waals surface area contributed by atoms with E-state index in [1.807, 2.05) is 11.0 Å². The van der Waals surface area contributed by atoms with Gasteiger partial charge in [0.05, 0.1) is 26.9 Å². The Morgan fingerprint density at radius 1 is 1.12 bits per heavy atom. The summed E-state index contributed by atoms with van der Waals surface area (Å²) < 4.78 is 16.2. The molecule has 0 aliphatic heterocycles. The predicted octanol–water partition coefficient (Wildman–Crippen LogP) is 3.62. The fourth-order valence-electron chi connectivity index (χ4n) is 2.95. The van der Waals surface area contributed by atoms with Crippen LogP contribution in [0, 0.1) is 0 Å². The summed E-state index contributed by atoms with van der Waals surface area (Å²) in [6.45, 7) is 0.710. The van der Waals surface area contributed by atoms with Gasteiger partial charge in [-0.3, -0.25) is 4.79 Å². The maximum atomic E-state index is 13.2. The van der Waals surface area contributed by atoms with Gasteiger partial charge in [-0.1, -0.05) is 6.07 Å². The highest BCUT2D eigenvalue weighted by atomic mass is 32.1. The molecule has 1 aliphatic rings. The lowest BCUT2D eigenvalue weighted by Gasteiger charge is -2.24. The van der Waals surface area contributed by atoms with Gasteiger partial charge in [0, 0.05) is 17.5 Å². The quantitative estimate of drug-likeness (QED) is 0.720. The van der Waals surface area contributed by atoms with Crippen LogP contribution in [0.15, 0.2) is 29.6 Å². The summed E-state index contributed by atoms with van der Waals surface area (Å²) in [5.74, 6) is 1.41. The minimum Gasteiger partial charge on any atom is -0.493 e. The van der Waals surface area contributed by atoms with Crippen LogP contribution in [0.3, 0.4) is 0 Å². The summed E-state index contributed by atoms with van der Waals surface area (Å²) in [6, 6.07) is 7.98. The van der Waals surface area contributed by atoms with Crippen molar-refractivity contribution < 1.29 is 19.0 Å². The molecule has 0 N–H and O–H groups in total. The zero-order chi connectivity index (χ0) is 17.8. The lowest BCUT2D eigenvalue weighted by molar-refractivity contribution is 0.0741. The number of hydrogen-bond acceptors (Lipinski definition) is 5. The van der Waals surface area contributed by atoms with Crippen LogP contribution in [0.4, 0.5) is 0 Å². The van der Waals surface area contributed by atoms with Crippen LogP contribution in [0.1, 0.15) is 28.1 Å². The lowest BCUT2D eigenvalue weighted by Crippen LogP contribution is -2.35. The molecular formula is C19H23NO4S. The molecule has 0 spiro atoms. The highest BCUT2D eigenvalue weighted by Crippen LogP contribution is 2.41. The molecule has 1 heterocycles. The molecule has 1 fully saturated rings. The number of nitrogens with zero attached hydrogens (tertiary/aromatic N) is 1. The second kappa shape index (κ2) is 7.78. The van der Waals surface area contributed by atoms with E-state index in [1.54, 1.807) is 44.8 Å². The third kappa shape index (κ3) is 3.74. The van der Waals surface area contributed by atoms with E-state index in [-0.39, 0.29) is 5.91 Å². The van der Waals surface area contributed by atoms with Crippen molar-refractivity contribution >= 4 is 17.2 Å². The van der Waals surface area contributed by atoms with E-state index in [1.165, 1.54) is 4.88 Å². The van der Waals surface area contributed by atoms with Gasteiger partial charge in [0.25, 0.3) is 5.91 Å². The summed E-state index contributed by atoms with van der Waals surface area (Å²) >= 11 is 1.72. The van der Waals surface area contributed by atoms with Crippen molar-refractivity contribution in [1.82, 2.24) is 4.90 Å². The van der Waals surface area contributed by atoms with E-state index >= 15 is 0 Å². The van der Waals surface area contributed by atoms with Crippen LogP contribution in [0.5, 0.6) is 17.2 Å². The van der Waals surface area contributed by atoms with Crippen LogP contribution in [-0.2, 0) is 6.42 Å². The molecule has 134 valence electrons. The summed E-state index contributed by atoms with van der Waals surface area (Å²) in [5, 5.41) is 2.07. The second-order valence-corrected chi connectivity index (χ2v) is 6.97. The van der Waals surface area contributed by atoms with Crippen LogP contribution < -0.4 is 14.2 Å². The van der Waals surface area contributed by atoms with Crippen LogP contribution in [0.25, 0.3) is 0 Å². The number of thiophene rings is 1. The molecule has 0 bridgehead atoms. The van der Waals surface area contributed by atoms with Gasteiger partial charge in [0.1, 0.15) is 0 Å². The Morgan fingerprint density at radius 3 is 2.44 bits per heavy atom. The van der Waals surface area contributed by atoms with Gasteiger partial charge in [-0.25, -0.2) is 0 Å². The zero-order valence-electron chi connectivity index (χ0n) is 14.8. The standard InChI is InChI=1S/C19H23NO4S/c1-22-16-9-8-15(17(23-2)18(16)24-3)19(21)20(13-6-7-13)11-10-14-5-4-12-25-14/h4-5,8-9,12-13H,6-7,10-11H2,1-3H3. The minimum absolute atomic E-state index is 0.0168. The van der Waals surface area contributed by atoms with Crippen molar-refractivity contribution in [2.75, 3.05) is 27.9 Å². The second-order valence-electron chi connectivity index (χ2n) is 5.94. The van der Waals surface area contributed by atoms with E-state index in [0.29, 0.717) is 35.4 Å². The molecule has 1 aromatic heterocycles. The Morgan fingerprint density at radius 2 is 1.88 bits per heavy atom. The smallest absolute Gasteiger partial charge is 0.258 e. The zero-order valence-corrected chi connectivity index (χ0v) is 15.6. The van der Waals surface area contributed by atoms with Gasteiger partial charge < -0.3 is 19.1 Å². The summed E-state index contributed by atoms with van der Waals surface area (Å²) in [6.07, 6.45) is 2.99. The summed E-state index contributed by atoms with van der Waals surface area (Å²) in [5.41, 5.74) is 0.512. The SMILES string of the molecule is COc1ccc(C(=O)N(CCc2cccs2)C2CC2)c(OC)c1OC. The Kier molecular flexibility index (Phi) is 5.48. The first-order valence-electron chi connectivity index (χ1n) is 8.32. The van der Waals surface area contributed by atoms with Crippen molar-refractivity contribution in [1.29, 1.82) is 0 Å². The molecular weight excluding hydrogens is 338 g/mol. The fraction of sp³-hybridized carbons (Fsp3) is 0.421. The fourth-order valence-corrected chi connectivity index (χ4v) is 3.64. The molecule has 1 saturated carbocycles. The van der Waals surface area contributed by atoms with E-state index in [2.05, 4.69) is 11.4 Å². The number of rotatable bonds is 8. The maximum Gasteiger partial charge on any atom is 0.258 e. The van der Waals surface area contributed by atoms with E-state index < -0.39 is 0 Å². The van der Waals surface area contributed by atoms with Crippen LogP contribution in [-0.4, -0.2) is 44.7 Å². The van der Waals surface area contributed by atoms with Crippen LogP contribution in [0.2, 0.25) is 0 Å². The van der Waals surface area contributed by atoms with E-state index in [4.69, 9.17) is 14.2 Å². The van der Waals surface area contributed by atoms with Gasteiger partial charge in [0.15, 0.2) is 11.5 Å². The monoisotopic (exact) mass is 361 g/mol. The molecule has 3 rings (SSSR count). The summed E-state index contributed by atoms with van der Waals surface area (Å²) in [7, 11) is 4.65. The molecule has 0 atom stereocenters. The molecule has 0 radical (unpaired) electrons. The van der Waals surface area contributed by atoms with Crippen LogP contribution >= 0.6 is 11.3 Å². The summed E-state index contributed by atoms with van der Waals surface area (Å²) in [4.78, 5) is 16.4. The molecule has 1 amide bonds. The number of benzene rings is 1. The largest absolute Gasteiger partial charge is 0.493 e. The number of hydrogen-bond donors (Lipinski definition) is 0. The topological polar surface area (TPSA) is 48.0 Å². The third-order valence-corrected chi connectivity index (χ3v) is 5.30. The molecule has 25 heavy (non-hydrogen) atoms. The normalized spacial score (nSPS) is 13.4.